The number of hydrogen-bond acceptors (Lipinski definition) is 5. The maximum atomic E-state index is 12.9. The molecule has 0 saturated carbocycles. The number of primary amides is 1. The Morgan fingerprint density at radius 1 is 1.23 bits per heavy atom. The van der Waals surface area contributed by atoms with Gasteiger partial charge in [0.05, 0.1) is 28.7 Å². The molecule has 160 valence electrons. The molecule has 9 nitrogen and oxygen atoms in total. The molecule has 1 aliphatic rings. The van der Waals surface area contributed by atoms with Gasteiger partial charge >= 0.3 is 12.0 Å². The molecular weight excluding hydrogens is 386 g/mol. The molecular formula is C21H27N5O4. The van der Waals surface area contributed by atoms with Gasteiger partial charge in [0, 0.05) is 19.0 Å². The Balaban J connectivity index is 1.73. The third-order valence-electron chi connectivity index (χ3n) is 4.84. The minimum atomic E-state index is -0.642. The van der Waals surface area contributed by atoms with Crippen molar-refractivity contribution < 1.29 is 19.1 Å². The summed E-state index contributed by atoms with van der Waals surface area (Å²) in [5, 5.41) is 9.58. The molecule has 1 atom stereocenters. The lowest BCUT2D eigenvalue weighted by molar-refractivity contribution is 0.00706. The second kappa shape index (κ2) is 8.56. The van der Waals surface area contributed by atoms with Gasteiger partial charge in [-0.2, -0.15) is 5.10 Å². The van der Waals surface area contributed by atoms with Gasteiger partial charge in [0.1, 0.15) is 5.60 Å². The van der Waals surface area contributed by atoms with Gasteiger partial charge in [0.25, 0.3) is 5.91 Å². The minimum Gasteiger partial charge on any atom is -0.456 e. The summed E-state index contributed by atoms with van der Waals surface area (Å²) in [6.07, 6.45) is 2.98. The number of amides is 3. The number of benzene rings is 1. The van der Waals surface area contributed by atoms with Crippen molar-refractivity contribution in [3.05, 3.63) is 47.3 Å². The summed E-state index contributed by atoms with van der Waals surface area (Å²) in [5.74, 6) is -1.12. The zero-order valence-electron chi connectivity index (χ0n) is 17.4. The number of H-pyrrole nitrogens is 1. The highest BCUT2D eigenvalue weighted by Crippen LogP contribution is 2.28. The van der Waals surface area contributed by atoms with E-state index < -0.39 is 17.5 Å². The number of piperidine rings is 1. The SMILES string of the molecule is CC(C)(C)OC(=O)c1ccccc1NC(=O)N1CCCC(c2[nH]ncc2C(N)=O)C1. The zero-order valence-corrected chi connectivity index (χ0v) is 17.4. The fourth-order valence-corrected chi connectivity index (χ4v) is 3.50. The molecule has 0 spiro atoms. The lowest BCUT2D eigenvalue weighted by Gasteiger charge is -2.32. The maximum absolute atomic E-state index is 12.9. The Kier molecular flexibility index (Phi) is 6.09. The summed E-state index contributed by atoms with van der Waals surface area (Å²) < 4.78 is 5.43. The molecule has 1 fully saturated rings. The second-order valence-electron chi connectivity index (χ2n) is 8.32. The number of likely N-dealkylation sites (tertiary alicyclic amines) is 1. The molecule has 1 aromatic carbocycles. The first-order valence-corrected chi connectivity index (χ1v) is 9.87. The number of rotatable bonds is 4. The largest absolute Gasteiger partial charge is 0.456 e. The van der Waals surface area contributed by atoms with Crippen molar-refractivity contribution in [2.24, 2.45) is 5.73 Å². The first-order chi connectivity index (χ1) is 14.2. The van der Waals surface area contributed by atoms with Crippen LogP contribution < -0.4 is 11.1 Å². The van der Waals surface area contributed by atoms with Crippen LogP contribution in [0.5, 0.6) is 0 Å². The van der Waals surface area contributed by atoms with Crippen LogP contribution in [-0.2, 0) is 4.74 Å². The highest BCUT2D eigenvalue weighted by atomic mass is 16.6. The van der Waals surface area contributed by atoms with Crippen LogP contribution >= 0.6 is 0 Å². The van der Waals surface area contributed by atoms with Gasteiger partial charge in [-0.3, -0.25) is 9.89 Å². The number of nitrogens with one attached hydrogen (secondary N) is 2. The number of aromatic amines is 1. The summed E-state index contributed by atoms with van der Waals surface area (Å²) in [6, 6.07) is 6.42. The molecule has 4 N–H and O–H groups in total. The average molecular weight is 413 g/mol. The van der Waals surface area contributed by atoms with Crippen LogP contribution in [0.4, 0.5) is 10.5 Å². The Hall–Kier alpha value is -3.36. The number of para-hydroxylation sites is 1. The van der Waals surface area contributed by atoms with Crippen LogP contribution in [0.1, 0.15) is 65.9 Å². The molecule has 0 aliphatic carbocycles. The molecule has 1 aromatic heterocycles. The number of urea groups is 1. The van der Waals surface area contributed by atoms with E-state index in [9.17, 15) is 14.4 Å². The summed E-state index contributed by atoms with van der Waals surface area (Å²) in [6.45, 7) is 6.33. The second-order valence-corrected chi connectivity index (χ2v) is 8.32. The van der Waals surface area contributed by atoms with E-state index in [-0.39, 0.29) is 11.9 Å². The van der Waals surface area contributed by atoms with Crippen molar-refractivity contribution in [1.29, 1.82) is 0 Å². The van der Waals surface area contributed by atoms with E-state index in [1.165, 1.54) is 6.20 Å². The van der Waals surface area contributed by atoms with E-state index in [0.29, 0.717) is 35.6 Å². The smallest absolute Gasteiger partial charge is 0.340 e. The van der Waals surface area contributed by atoms with Gasteiger partial charge in [-0.1, -0.05) is 12.1 Å². The first-order valence-electron chi connectivity index (χ1n) is 9.87. The van der Waals surface area contributed by atoms with Crippen LogP contribution in [0.3, 0.4) is 0 Å². The topological polar surface area (TPSA) is 130 Å². The Morgan fingerprint density at radius 3 is 2.67 bits per heavy atom. The highest BCUT2D eigenvalue weighted by molar-refractivity contribution is 6.01. The standard InChI is InChI=1S/C21H27N5O4/c1-21(2,3)30-19(28)14-8-4-5-9-16(14)24-20(29)26-10-6-7-13(12-26)17-15(18(22)27)11-23-25-17/h4-5,8-9,11,13H,6-7,10,12H2,1-3H3,(H2,22,27)(H,23,25)(H,24,29). The number of aromatic nitrogens is 2. The van der Waals surface area contributed by atoms with Crippen LogP contribution in [0, 0.1) is 0 Å². The number of anilines is 1. The predicted molar refractivity (Wildman–Crippen MR) is 111 cm³/mol. The molecule has 1 unspecified atom stereocenters. The van der Waals surface area contributed by atoms with Gasteiger partial charge in [-0.15, -0.1) is 0 Å². The van der Waals surface area contributed by atoms with Crippen molar-refractivity contribution >= 4 is 23.6 Å². The number of ether oxygens (including phenoxy) is 1. The molecule has 0 bridgehead atoms. The van der Waals surface area contributed by atoms with E-state index in [1.807, 2.05) is 0 Å². The molecule has 1 saturated heterocycles. The molecule has 3 amide bonds. The van der Waals surface area contributed by atoms with Crippen molar-refractivity contribution in [3.8, 4) is 0 Å². The fourth-order valence-electron chi connectivity index (χ4n) is 3.50. The van der Waals surface area contributed by atoms with Crippen LogP contribution in [-0.4, -0.2) is 51.7 Å². The molecule has 30 heavy (non-hydrogen) atoms. The molecule has 3 rings (SSSR count). The minimum absolute atomic E-state index is 0.0735. The highest BCUT2D eigenvalue weighted by Gasteiger charge is 2.29. The van der Waals surface area contributed by atoms with Crippen LogP contribution in [0.15, 0.2) is 30.5 Å². The van der Waals surface area contributed by atoms with E-state index in [2.05, 4.69) is 15.5 Å². The molecule has 1 aliphatic heterocycles. The normalized spacial score (nSPS) is 16.8. The molecule has 0 radical (unpaired) electrons. The number of esters is 1. The van der Waals surface area contributed by atoms with Gasteiger partial charge in [-0.05, 0) is 45.7 Å². The summed E-state index contributed by atoms with van der Waals surface area (Å²) in [4.78, 5) is 38.7. The molecule has 2 heterocycles. The van der Waals surface area contributed by atoms with Gasteiger partial charge < -0.3 is 20.7 Å². The van der Waals surface area contributed by atoms with Crippen molar-refractivity contribution in [3.63, 3.8) is 0 Å². The first kappa shape index (κ1) is 21.4. The third-order valence-corrected chi connectivity index (χ3v) is 4.84. The average Bonchev–Trinajstić information content (AvgIpc) is 3.17. The Morgan fingerprint density at radius 2 is 1.97 bits per heavy atom. The van der Waals surface area contributed by atoms with Crippen LogP contribution in [0.2, 0.25) is 0 Å². The Bertz CT molecular complexity index is 947. The lowest BCUT2D eigenvalue weighted by atomic mass is 9.92. The van der Waals surface area contributed by atoms with Crippen molar-refractivity contribution in [2.45, 2.75) is 45.1 Å². The number of carbonyl (C=O) groups excluding carboxylic acids is 3. The maximum Gasteiger partial charge on any atom is 0.340 e. The number of nitrogens with zero attached hydrogens (tertiary/aromatic N) is 2. The summed E-state index contributed by atoms with van der Waals surface area (Å²) >= 11 is 0. The van der Waals surface area contributed by atoms with Gasteiger partial charge in [0.2, 0.25) is 0 Å². The van der Waals surface area contributed by atoms with E-state index >= 15 is 0 Å². The van der Waals surface area contributed by atoms with Gasteiger partial charge in [-0.25, -0.2) is 9.59 Å². The fraction of sp³-hybridized carbons (Fsp3) is 0.429. The quantitative estimate of drug-likeness (QED) is 0.664. The number of carbonyl (C=O) groups is 3. The Labute approximate surface area is 175 Å². The number of nitrogens with two attached hydrogens (primary N) is 1. The zero-order chi connectivity index (χ0) is 21.9. The number of hydrogen-bond donors (Lipinski definition) is 3. The predicted octanol–water partition coefficient (Wildman–Crippen LogP) is 2.88. The van der Waals surface area contributed by atoms with E-state index in [1.54, 1.807) is 49.9 Å². The van der Waals surface area contributed by atoms with Crippen molar-refractivity contribution in [1.82, 2.24) is 15.1 Å². The summed E-state index contributed by atoms with van der Waals surface area (Å²) in [5.41, 5.74) is 6.44. The lowest BCUT2D eigenvalue weighted by Crippen LogP contribution is -2.42. The van der Waals surface area contributed by atoms with Gasteiger partial charge in [0.15, 0.2) is 0 Å². The van der Waals surface area contributed by atoms with Crippen molar-refractivity contribution in [2.75, 3.05) is 18.4 Å². The molecule has 9 heteroatoms. The van der Waals surface area contributed by atoms with Crippen LogP contribution in [0.25, 0.3) is 0 Å². The van der Waals surface area contributed by atoms with E-state index in [4.69, 9.17) is 10.5 Å². The third kappa shape index (κ3) is 4.97. The summed E-state index contributed by atoms with van der Waals surface area (Å²) in [7, 11) is 0. The monoisotopic (exact) mass is 413 g/mol. The van der Waals surface area contributed by atoms with E-state index in [0.717, 1.165) is 12.8 Å². The molecule has 2 aromatic rings.